The molecule has 0 radical (unpaired) electrons. The molecule has 1 aromatic heterocycles. The van der Waals surface area contributed by atoms with E-state index in [4.69, 9.17) is 9.47 Å². The van der Waals surface area contributed by atoms with Crippen molar-refractivity contribution >= 4 is 17.5 Å². The second kappa shape index (κ2) is 11.9. The van der Waals surface area contributed by atoms with E-state index >= 15 is 0 Å². The highest BCUT2D eigenvalue weighted by molar-refractivity contribution is 7.98. The predicted molar refractivity (Wildman–Crippen MR) is 129 cm³/mol. The first-order valence-electron chi connectivity index (χ1n) is 10.8. The number of aliphatic hydroxyl groups is 1. The molecule has 0 amide bonds. The lowest BCUT2D eigenvalue weighted by molar-refractivity contribution is -0.127. The van der Waals surface area contributed by atoms with E-state index in [1.165, 1.54) is 4.90 Å². The van der Waals surface area contributed by atoms with Crippen molar-refractivity contribution in [2.75, 3.05) is 19.5 Å². The molecule has 1 heterocycles. The van der Waals surface area contributed by atoms with Crippen LogP contribution in [-0.2, 0) is 29.1 Å². The lowest BCUT2D eigenvalue weighted by Crippen LogP contribution is -2.24. The Labute approximate surface area is 194 Å². The van der Waals surface area contributed by atoms with Gasteiger partial charge in [-0.15, -0.1) is 11.8 Å². The van der Waals surface area contributed by atoms with Crippen LogP contribution >= 0.6 is 11.8 Å². The molecule has 0 aliphatic heterocycles. The van der Waals surface area contributed by atoms with E-state index in [0.29, 0.717) is 26.2 Å². The summed E-state index contributed by atoms with van der Waals surface area (Å²) >= 11 is 1.72. The molecular weight excluding hydrogens is 422 g/mol. The second-order valence-electron chi connectivity index (χ2n) is 7.50. The van der Waals surface area contributed by atoms with Crippen LogP contribution in [0.15, 0.2) is 65.6 Å². The molecule has 0 spiro atoms. The van der Waals surface area contributed by atoms with Crippen molar-refractivity contribution in [1.29, 1.82) is 0 Å². The summed E-state index contributed by atoms with van der Waals surface area (Å²) in [5, 5.41) is 9.76. The van der Waals surface area contributed by atoms with E-state index in [1.807, 2.05) is 43.3 Å². The van der Waals surface area contributed by atoms with Crippen molar-refractivity contribution in [3.63, 3.8) is 0 Å². The van der Waals surface area contributed by atoms with Crippen LogP contribution in [0.2, 0.25) is 0 Å². The normalized spacial score (nSPS) is 12.0. The van der Waals surface area contributed by atoms with Gasteiger partial charge in [-0.25, -0.2) is 0 Å². The van der Waals surface area contributed by atoms with Crippen molar-refractivity contribution in [1.82, 2.24) is 4.57 Å². The first kappa shape index (κ1) is 24.1. The zero-order valence-electron chi connectivity index (χ0n) is 18.9. The summed E-state index contributed by atoms with van der Waals surface area (Å²) in [6.07, 6.45) is 2.22. The first-order chi connectivity index (χ1) is 15.5. The van der Waals surface area contributed by atoms with Gasteiger partial charge in [-0.3, -0.25) is 4.79 Å². The van der Waals surface area contributed by atoms with Gasteiger partial charge in [0.15, 0.2) is 5.78 Å². The number of thioether (sulfide) groups is 1. The minimum absolute atomic E-state index is 0.0191. The quantitative estimate of drug-likeness (QED) is 0.392. The number of aromatic nitrogens is 1. The number of nitrogens with zero attached hydrogens (tertiary/aromatic N) is 1. The Morgan fingerprint density at radius 3 is 2.38 bits per heavy atom. The zero-order valence-corrected chi connectivity index (χ0v) is 19.7. The number of ketones is 1. The topological polar surface area (TPSA) is 60.7 Å². The summed E-state index contributed by atoms with van der Waals surface area (Å²) in [4.78, 5) is 12.9. The molecule has 1 atom stereocenters. The average Bonchev–Trinajstić information content (AvgIpc) is 3.22. The molecule has 5 nitrogen and oxygen atoms in total. The molecule has 0 fully saturated rings. The van der Waals surface area contributed by atoms with Crippen LogP contribution in [0.25, 0.3) is 11.3 Å². The highest BCUT2D eigenvalue weighted by atomic mass is 32.2. The predicted octanol–water partition coefficient (Wildman–Crippen LogP) is 4.98. The summed E-state index contributed by atoms with van der Waals surface area (Å²) < 4.78 is 13.6. The maximum absolute atomic E-state index is 11.7. The van der Waals surface area contributed by atoms with Crippen LogP contribution in [0.1, 0.15) is 25.1 Å². The number of carbonyl (C=O) groups is 1. The summed E-state index contributed by atoms with van der Waals surface area (Å²) in [5.41, 5.74) is 4.07. The Kier molecular flexibility index (Phi) is 8.97. The van der Waals surface area contributed by atoms with Gasteiger partial charge in [0.25, 0.3) is 0 Å². The summed E-state index contributed by atoms with van der Waals surface area (Å²) in [5.74, 6) is 0.811. The Morgan fingerprint density at radius 1 is 1.06 bits per heavy atom. The molecule has 1 N–H and O–H groups in total. The van der Waals surface area contributed by atoms with Gasteiger partial charge in [0, 0.05) is 29.3 Å². The number of rotatable bonds is 12. The molecular formula is C26H31NO4S. The molecule has 170 valence electrons. The Balaban J connectivity index is 1.62. The average molecular weight is 454 g/mol. The lowest BCUT2D eigenvalue weighted by Gasteiger charge is -2.15. The van der Waals surface area contributed by atoms with Crippen molar-refractivity contribution in [3.8, 4) is 17.0 Å². The Bertz CT molecular complexity index is 996. The van der Waals surface area contributed by atoms with E-state index < -0.39 is 6.10 Å². The van der Waals surface area contributed by atoms with Crippen molar-refractivity contribution in [2.45, 2.75) is 44.4 Å². The van der Waals surface area contributed by atoms with Crippen LogP contribution in [-0.4, -0.2) is 41.0 Å². The number of Topliss-reactive ketones (excluding diaryl/α,β-unsaturated/α-hetero) is 1. The van der Waals surface area contributed by atoms with Gasteiger partial charge in [0.1, 0.15) is 18.5 Å². The minimum Gasteiger partial charge on any atom is -0.492 e. The number of hydrogen-bond acceptors (Lipinski definition) is 5. The zero-order chi connectivity index (χ0) is 22.9. The molecule has 3 aromatic rings. The fourth-order valence-corrected chi connectivity index (χ4v) is 4.05. The van der Waals surface area contributed by atoms with Gasteiger partial charge < -0.3 is 19.1 Å². The monoisotopic (exact) mass is 453 g/mol. The fraction of sp³-hybridized carbons (Fsp3) is 0.346. The van der Waals surface area contributed by atoms with E-state index in [1.54, 1.807) is 18.7 Å². The Hall–Kier alpha value is -2.54. The molecule has 0 aliphatic carbocycles. The molecule has 6 heteroatoms. The van der Waals surface area contributed by atoms with Crippen molar-refractivity contribution in [2.24, 2.45) is 0 Å². The van der Waals surface area contributed by atoms with Crippen LogP contribution in [0, 0.1) is 0 Å². The van der Waals surface area contributed by atoms with E-state index in [-0.39, 0.29) is 12.4 Å². The maximum atomic E-state index is 11.7. The molecule has 32 heavy (non-hydrogen) atoms. The number of aliphatic hydroxyl groups excluding tert-OH is 1. The van der Waals surface area contributed by atoms with Crippen LogP contribution in [0.5, 0.6) is 5.75 Å². The summed E-state index contributed by atoms with van der Waals surface area (Å²) in [6.45, 7) is 5.06. The van der Waals surface area contributed by atoms with Gasteiger partial charge in [-0.05, 0) is 67.6 Å². The van der Waals surface area contributed by atoms with Crippen molar-refractivity contribution < 1.29 is 19.4 Å². The molecule has 2 aromatic carbocycles. The van der Waals surface area contributed by atoms with Crippen LogP contribution < -0.4 is 4.74 Å². The van der Waals surface area contributed by atoms with Crippen molar-refractivity contribution in [3.05, 3.63) is 71.9 Å². The third-order valence-electron chi connectivity index (χ3n) is 5.37. The molecule has 0 saturated heterocycles. The smallest absolute Gasteiger partial charge is 0.158 e. The Morgan fingerprint density at radius 2 is 1.78 bits per heavy atom. The highest BCUT2D eigenvalue weighted by Crippen LogP contribution is 2.26. The maximum Gasteiger partial charge on any atom is 0.158 e. The van der Waals surface area contributed by atoms with Gasteiger partial charge in [0.05, 0.1) is 13.2 Å². The van der Waals surface area contributed by atoms with Gasteiger partial charge >= 0.3 is 0 Å². The minimum atomic E-state index is -0.402. The third-order valence-corrected chi connectivity index (χ3v) is 6.11. The largest absolute Gasteiger partial charge is 0.492 e. The van der Waals surface area contributed by atoms with E-state index in [0.717, 1.165) is 28.3 Å². The molecule has 0 saturated carbocycles. The third kappa shape index (κ3) is 6.25. The molecule has 0 aliphatic rings. The number of carbonyl (C=O) groups excluding carboxylic acids is 1. The summed E-state index contributed by atoms with van der Waals surface area (Å²) in [6, 6.07) is 20.2. The van der Waals surface area contributed by atoms with E-state index in [2.05, 4.69) is 35.1 Å². The van der Waals surface area contributed by atoms with Gasteiger partial charge in [0.2, 0.25) is 0 Å². The van der Waals surface area contributed by atoms with Gasteiger partial charge in [-0.2, -0.15) is 0 Å². The SMILES string of the molecule is CCO[C@@H](Cc1ccc(OCCn2c(CO)ccc2-c2ccc(SC)cc2)cc1)C(C)=O. The van der Waals surface area contributed by atoms with Crippen LogP contribution in [0.4, 0.5) is 0 Å². The number of hydrogen-bond donors (Lipinski definition) is 1. The second-order valence-corrected chi connectivity index (χ2v) is 8.38. The fourth-order valence-electron chi connectivity index (χ4n) is 3.64. The number of ether oxygens (including phenoxy) is 2. The van der Waals surface area contributed by atoms with Crippen LogP contribution in [0.3, 0.4) is 0 Å². The molecule has 3 rings (SSSR count). The highest BCUT2D eigenvalue weighted by Gasteiger charge is 2.15. The van der Waals surface area contributed by atoms with E-state index in [9.17, 15) is 9.90 Å². The number of benzene rings is 2. The summed E-state index contributed by atoms with van der Waals surface area (Å²) in [7, 11) is 0. The molecule has 0 unspecified atom stereocenters. The standard InChI is InChI=1S/C26H31NO4S/c1-4-30-26(19(2)29)17-20-5-10-23(11-6-20)31-16-15-27-22(18-28)9-14-25(27)21-7-12-24(32-3)13-8-21/h5-14,26,28H,4,15-18H2,1-3H3/t26-/m0/s1. The first-order valence-corrected chi connectivity index (χ1v) is 12.1. The molecule has 0 bridgehead atoms. The lowest BCUT2D eigenvalue weighted by atomic mass is 10.1. The van der Waals surface area contributed by atoms with Gasteiger partial charge in [-0.1, -0.05) is 24.3 Å².